The molecule has 26 heavy (non-hydrogen) atoms. The molecule has 0 saturated carbocycles. The van der Waals surface area contributed by atoms with Gasteiger partial charge in [-0.05, 0) is 38.1 Å². The zero-order valence-corrected chi connectivity index (χ0v) is 15.7. The lowest BCUT2D eigenvalue weighted by Gasteiger charge is -2.33. The Hall–Kier alpha value is -1.42. The van der Waals surface area contributed by atoms with Gasteiger partial charge >= 0.3 is 0 Å². The lowest BCUT2D eigenvalue weighted by molar-refractivity contribution is -0.149. The average Bonchev–Trinajstić information content (AvgIpc) is 2.60. The van der Waals surface area contributed by atoms with Gasteiger partial charge in [0.15, 0.2) is 5.60 Å². The van der Waals surface area contributed by atoms with Crippen LogP contribution in [0.3, 0.4) is 0 Å². The maximum absolute atomic E-state index is 12.6. The van der Waals surface area contributed by atoms with E-state index in [4.69, 9.17) is 21.4 Å². The minimum Gasteiger partial charge on any atom is -0.478 e. The number of amides is 1. The molecule has 0 spiro atoms. The Bertz CT molecular complexity index is 581. The van der Waals surface area contributed by atoms with E-state index < -0.39 is 42.5 Å². The van der Waals surface area contributed by atoms with Gasteiger partial charge in [-0.2, -0.15) is 0 Å². The third-order valence-electron chi connectivity index (χ3n) is 3.83. The molecule has 0 aliphatic carbocycles. The first kappa shape index (κ1) is 22.6. The number of halogens is 1. The van der Waals surface area contributed by atoms with Gasteiger partial charge in [0.1, 0.15) is 30.2 Å². The lowest BCUT2D eigenvalue weighted by atomic mass is 10.0. The smallest absolute Gasteiger partial charge is 0.266 e. The van der Waals surface area contributed by atoms with E-state index in [0.717, 1.165) is 4.90 Å². The molecule has 0 aliphatic heterocycles. The second-order valence-electron chi connectivity index (χ2n) is 6.55. The predicted molar refractivity (Wildman–Crippen MR) is 94.9 cm³/mol. The summed E-state index contributed by atoms with van der Waals surface area (Å²) < 4.78 is 5.67. The Morgan fingerprint density at radius 3 is 2.12 bits per heavy atom. The van der Waals surface area contributed by atoms with E-state index in [0.29, 0.717) is 10.8 Å². The van der Waals surface area contributed by atoms with Crippen LogP contribution in [0.1, 0.15) is 13.8 Å². The summed E-state index contributed by atoms with van der Waals surface area (Å²) in [6.07, 6.45) is -6.64. The van der Waals surface area contributed by atoms with Gasteiger partial charge in [0.05, 0.1) is 6.61 Å². The molecule has 5 N–H and O–H groups in total. The molecule has 0 heterocycles. The van der Waals surface area contributed by atoms with Gasteiger partial charge in [0.2, 0.25) is 0 Å². The zero-order valence-electron chi connectivity index (χ0n) is 14.9. The van der Waals surface area contributed by atoms with Gasteiger partial charge in [-0.3, -0.25) is 4.79 Å². The molecule has 9 heteroatoms. The molecule has 1 aromatic carbocycles. The number of hydrogen-bond acceptors (Lipinski definition) is 7. The standard InChI is InChI=1S/C17H26ClNO7/c1-17(2,26-11-6-4-10(18)5-7-11)16(25)19(3)8-12(21)14(23)15(24)13(22)9-20/h4-7,12-15,20-24H,8-9H2,1-3H3/t12-,13+,14-,15+/m0/s1. The first-order valence-electron chi connectivity index (χ1n) is 8.03. The van der Waals surface area contributed by atoms with Crippen molar-refractivity contribution in [2.45, 2.75) is 43.9 Å². The molecule has 0 fully saturated rings. The van der Waals surface area contributed by atoms with Crippen molar-refractivity contribution < 1.29 is 35.1 Å². The second-order valence-corrected chi connectivity index (χ2v) is 6.99. The molecular weight excluding hydrogens is 366 g/mol. The summed E-state index contributed by atoms with van der Waals surface area (Å²) in [6, 6.07) is 6.47. The molecule has 8 nitrogen and oxygen atoms in total. The highest BCUT2D eigenvalue weighted by molar-refractivity contribution is 6.30. The van der Waals surface area contributed by atoms with E-state index in [-0.39, 0.29) is 6.54 Å². The largest absolute Gasteiger partial charge is 0.478 e. The maximum Gasteiger partial charge on any atom is 0.266 e. The van der Waals surface area contributed by atoms with E-state index in [1.807, 2.05) is 0 Å². The van der Waals surface area contributed by atoms with Crippen molar-refractivity contribution in [2.75, 3.05) is 20.2 Å². The lowest BCUT2D eigenvalue weighted by Crippen LogP contribution is -2.53. The topological polar surface area (TPSA) is 131 Å². The summed E-state index contributed by atoms with van der Waals surface area (Å²) in [4.78, 5) is 13.7. The number of hydrogen-bond donors (Lipinski definition) is 5. The third-order valence-corrected chi connectivity index (χ3v) is 4.09. The molecule has 148 valence electrons. The maximum atomic E-state index is 12.6. The van der Waals surface area contributed by atoms with Crippen molar-refractivity contribution in [3.63, 3.8) is 0 Å². The molecule has 1 aromatic rings. The first-order valence-corrected chi connectivity index (χ1v) is 8.40. The number of aliphatic hydroxyl groups is 5. The number of carbonyl (C=O) groups excluding carboxylic acids is 1. The fraction of sp³-hybridized carbons (Fsp3) is 0.588. The molecular formula is C17H26ClNO7. The Kier molecular flexibility index (Phi) is 8.26. The summed E-state index contributed by atoms with van der Waals surface area (Å²) in [5, 5.41) is 48.1. The second kappa shape index (κ2) is 9.50. The Morgan fingerprint density at radius 1 is 1.12 bits per heavy atom. The van der Waals surface area contributed by atoms with Gasteiger partial charge in [0, 0.05) is 18.6 Å². The summed E-state index contributed by atoms with van der Waals surface area (Å²) in [6.45, 7) is 2.01. The van der Waals surface area contributed by atoms with Crippen molar-refractivity contribution in [1.29, 1.82) is 0 Å². The average molecular weight is 392 g/mol. The molecule has 1 amide bonds. The van der Waals surface area contributed by atoms with Crippen LogP contribution < -0.4 is 4.74 Å². The van der Waals surface area contributed by atoms with Crippen LogP contribution in [0.4, 0.5) is 0 Å². The van der Waals surface area contributed by atoms with E-state index in [1.54, 1.807) is 38.1 Å². The summed E-state index contributed by atoms with van der Waals surface area (Å²) in [5.41, 5.74) is -1.27. The van der Waals surface area contributed by atoms with Gasteiger partial charge in [0.25, 0.3) is 5.91 Å². The van der Waals surface area contributed by atoms with Crippen LogP contribution in [0.25, 0.3) is 0 Å². The third kappa shape index (κ3) is 6.08. The van der Waals surface area contributed by atoms with Gasteiger partial charge in [-0.1, -0.05) is 11.6 Å². The van der Waals surface area contributed by atoms with Crippen molar-refractivity contribution in [3.05, 3.63) is 29.3 Å². The zero-order chi connectivity index (χ0) is 20.1. The van der Waals surface area contributed by atoms with E-state index >= 15 is 0 Å². The number of rotatable bonds is 9. The minimum absolute atomic E-state index is 0.317. The van der Waals surface area contributed by atoms with Crippen LogP contribution in [-0.2, 0) is 4.79 Å². The number of aliphatic hydroxyl groups excluding tert-OH is 5. The number of likely N-dealkylation sites (N-methyl/N-ethyl adjacent to an activating group) is 1. The van der Waals surface area contributed by atoms with Crippen LogP contribution in [0.2, 0.25) is 5.02 Å². The predicted octanol–water partition coefficient (Wildman–Crippen LogP) is -0.608. The Morgan fingerprint density at radius 2 is 1.62 bits per heavy atom. The highest BCUT2D eigenvalue weighted by atomic mass is 35.5. The fourth-order valence-corrected chi connectivity index (χ4v) is 2.46. The first-order chi connectivity index (χ1) is 12.0. The van der Waals surface area contributed by atoms with E-state index in [9.17, 15) is 25.2 Å². The quantitative estimate of drug-likeness (QED) is 0.379. The van der Waals surface area contributed by atoms with Gasteiger partial charge in [-0.15, -0.1) is 0 Å². The van der Waals surface area contributed by atoms with E-state index in [2.05, 4.69) is 0 Å². The monoisotopic (exact) mass is 391 g/mol. The van der Waals surface area contributed by atoms with Crippen LogP contribution in [0.5, 0.6) is 5.75 Å². The number of carbonyl (C=O) groups is 1. The molecule has 0 saturated heterocycles. The number of nitrogens with zero attached hydrogens (tertiary/aromatic N) is 1. The van der Waals surface area contributed by atoms with Crippen molar-refractivity contribution in [3.8, 4) is 5.75 Å². The van der Waals surface area contributed by atoms with Gasteiger partial charge in [-0.25, -0.2) is 0 Å². The number of benzene rings is 1. The molecule has 4 atom stereocenters. The molecule has 0 unspecified atom stereocenters. The molecule has 0 radical (unpaired) electrons. The summed E-state index contributed by atoms with van der Waals surface area (Å²) >= 11 is 5.80. The Balaban J connectivity index is 2.71. The SMILES string of the molecule is CN(C[C@H](O)[C@H](O)[C@H](O)[C@H](O)CO)C(=O)C(C)(C)Oc1ccc(Cl)cc1. The van der Waals surface area contributed by atoms with Gasteiger partial charge < -0.3 is 35.2 Å². The fourth-order valence-electron chi connectivity index (χ4n) is 2.34. The van der Waals surface area contributed by atoms with Crippen molar-refractivity contribution >= 4 is 17.5 Å². The highest BCUT2D eigenvalue weighted by Crippen LogP contribution is 2.22. The van der Waals surface area contributed by atoms with Crippen LogP contribution in [0, 0.1) is 0 Å². The van der Waals surface area contributed by atoms with Crippen LogP contribution in [-0.4, -0.2) is 86.6 Å². The van der Waals surface area contributed by atoms with Crippen LogP contribution in [0.15, 0.2) is 24.3 Å². The van der Waals surface area contributed by atoms with Crippen LogP contribution >= 0.6 is 11.6 Å². The van der Waals surface area contributed by atoms with E-state index in [1.165, 1.54) is 7.05 Å². The minimum atomic E-state index is -1.75. The molecule has 0 aliphatic rings. The Labute approximate surface area is 157 Å². The van der Waals surface area contributed by atoms with Crippen molar-refractivity contribution in [2.24, 2.45) is 0 Å². The molecule has 0 aromatic heterocycles. The summed E-state index contributed by atoms with van der Waals surface area (Å²) in [5.74, 6) is -0.0425. The normalized spacial score (nSPS) is 16.5. The molecule has 1 rings (SSSR count). The summed E-state index contributed by atoms with van der Waals surface area (Å²) in [7, 11) is 1.40. The highest BCUT2D eigenvalue weighted by Gasteiger charge is 2.36. The molecule has 0 bridgehead atoms. The number of ether oxygens (including phenoxy) is 1. The van der Waals surface area contributed by atoms with Crippen molar-refractivity contribution in [1.82, 2.24) is 4.90 Å².